The first-order valence-corrected chi connectivity index (χ1v) is 15.7. The number of hydrogen-bond donors (Lipinski definition) is 5. The Morgan fingerprint density at radius 2 is 1.60 bits per heavy atom. The van der Waals surface area contributed by atoms with E-state index in [9.17, 15) is 22.8 Å². The Balaban J connectivity index is 1.66. The van der Waals surface area contributed by atoms with E-state index < -0.39 is 33.8 Å². The quantitative estimate of drug-likeness (QED) is 0.195. The molecule has 42 heavy (non-hydrogen) atoms. The van der Waals surface area contributed by atoms with E-state index in [1.54, 1.807) is 20.9 Å². The highest BCUT2D eigenvalue weighted by Crippen LogP contribution is 2.34. The molecule has 1 aromatic heterocycles. The third-order valence-corrected chi connectivity index (χ3v) is 9.07. The molecule has 0 fully saturated rings. The smallest absolute Gasteiger partial charge is 0.272 e. The highest BCUT2D eigenvalue weighted by Gasteiger charge is 2.28. The topological polar surface area (TPSA) is 172 Å². The van der Waals surface area contributed by atoms with Gasteiger partial charge < -0.3 is 21.7 Å². The van der Waals surface area contributed by atoms with Crippen LogP contribution in [0.5, 0.6) is 0 Å². The molecule has 0 spiro atoms. The van der Waals surface area contributed by atoms with Gasteiger partial charge in [-0.2, -0.15) is 0 Å². The lowest BCUT2D eigenvalue weighted by molar-refractivity contribution is -0.123. The van der Waals surface area contributed by atoms with Gasteiger partial charge in [0.2, 0.25) is 21.8 Å². The molecular formula is C29H38N6O5S2. The van der Waals surface area contributed by atoms with Crippen molar-refractivity contribution in [2.24, 2.45) is 11.7 Å². The summed E-state index contributed by atoms with van der Waals surface area (Å²) in [4.78, 5) is 42.7. The summed E-state index contributed by atoms with van der Waals surface area (Å²) in [5, 5.41) is 9.03. The average molecular weight is 615 g/mol. The standard InChI is InChI=1S/C29H38N6O5S2/c1-17(2)22(26(37)32-15-16-33-42(39,40)21-13-9-19(10-14-21)25(30)36)34-27(38)23-24(41-28(31-6)35-23)18-7-11-20(12-8-18)29(3,4)5/h7-14,17,22,33H,15-16H2,1-6H3,(H2,30,36)(H,31,35)(H,32,37)(H,34,38)/t22-/m1/s1. The van der Waals surface area contributed by atoms with Gasteiger partial charge in [0.05, 0.1) is 9.77 Å². The molecule has 0 unspecified atom stereocenters. The van der Waals surface area contributed by atoms with Gasteiger partial charge in [-0.15, -0.1) is 0 Å². The van der Waals surface area contributed by atoms with Gasteiger partial charge in [-0.05, 0) is 46.7 Å². The summed E-state index contributed by atoms with van der Waals surface area (Å²) in [6.07, 6.45) is 0. The highest BCUT2D eigenvalue weighted by molar-refractivity contribution is 7.89. The van der Waals surface area contributed by atoms with Crippen LogP contribution in [-0.4, -0.2) is 57.3 Å². The molecule has 3 rings (SSSR count). The predicted octanol–water partition coefficient (Wildman–Crippen LogP) is 3.10. The molecule has 1 heterocycles. The molecule has 6 N–H and O–H groups in total. The number of aromatic nitrogens is 1. The Hall–Kier alpha value is -3.81. The first-order valence-electron chi connectivity index (χ1n) is 13.4. The fourth-order valence-electron chi connectivity index (χ4n) is 4.01. The minimum absolute atomic E-state index is 0.0114. The molecule has 0 aliphatic carbocycles. The zero-order valence-electron chi connectivity index (χ0n) is 24.6. The Kier molecular flexibility index (Phi) is 10.5. The van der Waals surface area contributed by atoms with Crippen molar-refractivity contribution in [1.82, 2.24) is 20.3 Å². The van der Waals surface area contributed by atoms with Gasteiger partial charge in [0, 0.05) is 25.7 Å². The number of nitrogens with two attached hydrogens (primary N) is 1. The second kappa shape index (κ2) is 13.4. The third kappa shape index (κ3) is 8.14. The fraction of sp³-hybridized carbons (Fsp3) is 0.379. The van der Waals surface area contributed by atoms with Crippen LogP contribution in [0.1, 0.15) is 61.0 Å². The lowest BCUT2D eigenvalue weighted by atomic mass is 9.86. The number of primary amides is 1. The summed E-state index contributed by atoms with van der Waals surface area (Å²) < 4.78 is 27.5. The van der Waals surface area contributed by atoms with E-state index in [0.29, 0.717) is 10.0 Å². The van der Waals surface area contributed by atoms with Crippen LogP contribution in [0.4, 0.5) is 5.13 Å². The number of thiazole rings is 1. The second-order valence-corrected chi connectivity index (χ2v) is 13.8. The number of carbonyl (C=O) groups excluding carboxylic acids is 3. The monoisotopic (exact) mass is 614 g/mol. The van der Waals surface area contributed by atoms with Crippen LogP contribution >= 0.6 is 11.3 Å². The van der Waals surface area contributed by atoms with E-state index >= 15 is 0 Å². The maximum Gasteiger partial charge on any atom is 0.272 e. The Bertz CT molecular complexity index is 1530. The van der Waals surface area contributed by atoms with Crippen molar-refractivity contribution in [3.05, 3.63) is 65.4 Å². The van der Waals surface area contributed by atoms with Gasteiger partial charge in [0.25, 0.3) is 5.91 Å². The summed E-state index contributed by atoms with van der Waals surface area (Å²) in [5.74, 6) is -1.86. The van der Waals surface area contributed by atoms with Gasteiger partial charge >= 0.3 is 0 Å². The zero-order valence-corrected chi connectivity index (χ0v) is 26.2. The minimum atomic E-state index is -3.87. The van der Waals surface area contributed by atoms with E-state index in [0.717, 1.165) is 11.1 Å². The number of hydrogen-bond acceptors (Lipinski definition) is 8. The van der Waals surface area contributed by atoms with Crippen LogP contribution in [0.25, 0.3) is 10.4 Å². The van der Waals surface area contributed by atoms with E-state index in [4.69, 9.17) is 5.73 Å². The number of nitrogens with one attached hydrogen (secondary N) is 4. The summed E-state index contributed by atoms with van der Waals surface area (Å²) in [6.45, 7) is 9.89. The van der Waals surface area contributed by atoms with Gasteiger partial charge in [-0.1, -0.05) is 70.2 Å². The summed E-state index contributed by atoms with van der Waals surface area (Å²) in [7, 11) is -2.15. The number of anilines is 1. The second-order valence-electron chi connectivity index (χ2n) is 11.0. The maximum absolute atomic E-state index is 13.4. The highest BCUT2D eigenvalue weighted by atomic mass is 32.2. The number of amides is 3. The molecule has 0 saturated heterocycles. The Morgan fingerprint density at radius 3 is 2.12 bits per heavy atom. The van der Waals surface area contributed by atoms with Gasteiger partial charge in [-0.25, -0.2) is 18.1 Å². The summed E-state index contributed by atoms with van der Waals surface area (Å²) >= 11 is 1.35. The average Bonchev–Trinajstić information content (AvgIpc) is 3.38. The van der Waals surface area contributed by atoms with Crippen molar-refractivity contribution in [1.29, 1.82) is 0 Å². The number of rotatable bonds is 12. The van der Waals surface area contributed by atoms with Crippen molar-refractivity contribution >= 4 is 44.2 Å². The molecule has 3 aromatic rings. The zero-order chi connectivity index (χ0) is 31.2. The molecule has 0 aliphatic rings. The fourth-order valence-corrected chi connectivity index (χ4v) is 5.96. The molecular weight excluding hydrogens is 576 g/mol. The van der Waals surface area contributed by atoms with Crippen molar-refractivity contribution in [3.8, 4) is 10.4 Å². The molecule has 0 radical (unpaired) electrons. The molecule has 3 amide bonds. The van der Waals surface area contributed by atoms with Crippen LogP contribution in [0.2, 0.25) is 0 Å². The van der Waals surface area contributed by atoms with Crippen LogP contribution in [0.3, 0.4) is 0 Å². The Morgan fingerprint density at radius 1 is 0.976 bits per heavy atom. The van der Waals surface area contributed by atoms with Crippen molar-refractivity contribution < 1.29 is 22.8 Å². The van der Waals surface area contributed by atoms with Gasteiger partial charge in [0.1, 0.15) is 11.7 Å². The van der Waals surface area contributed by atoms with E-state index in [1.807, 2.05) is 24.3 Å². The van der Waals surface area contributed by atoms with E-state index in [2.05, 4.69) is 46.4 Å². The molecule has 226 valence electrons. The lowest BCUT2D eigenvalue weighted by Gasteiger charge is -2.22. The number of benzene rings is 2. The van der Waals surface area contributed by atoms with Gasteiger partial charge in [-0.3, -0.25) is 14.4 Å². The molecule has 0 bridgehead atoms. The first-order chi connectivity index (χ1) is 19.6. The predicted molar refractivity (Wildman–Crippen MR) is 165 cm³/mol. The normalized spacial score (nSPS) is 12.5. The first kappa shape index (κ1) is 32.7. The van der Waals surface area contributed by atoms with Crippen LogP contribution in [0.15, 0.2) is 53.4 Å². The lowest BCUT2D eigenvalue weighted by Crippen LogP contribution is -2.51. The van der Waals surface area contributed by atoms with Crippen molar-refractivity contribution in [3.63, 3.8) is 0 Å². The van der Waals surface area contributed by atoms with Gasteiger partial charge in [0.15, 0.2) is 5.13 Å². The van der Waals surface area contributed by atoms with Crippen LogP contribution in [-0.2, 0) is 20.2 Å². The van der Waals surface area contributed by atoms with Crippen molar-refractivity contribution in [2.75, 3.05) is 25.5 Å². The molecule has 2 aromatic carbocycles. The molecule has 0 aliphatic heterocycles. The Labute approximate surface area is 250 Å². The molecule has 1 atom stereocenters. The van der Waals surface area contributed by atoms with Crippen LogP contribution in [0, 0.1) is 5.92 Å². The van der Waals surface area contributed by atoms with E-state index in [1.165, 1.54) is 35.6 Å². The molecule has 11 nitrogen and oxygen atoms in total. The largest absolute Gasteiger partial charge is 0.366 e. The molecule has 13 heteroatoms. The third-order valence-electron chi connectivity index (χ3n) is 6.47. The minimum Gasteiger partial charge on any atom is -0.366 e. The summed E-state index contributed by atoms with van der Waals surface area (Å²) in [5.41, 5.74) is 7.58. The maximum atomic E-state index is 13.4. The van der Waals surface area contributed by atoms with Crippen LogP contribution < -0.4 is 26.4 Å². The SMILES string of the molecule is CNc1nc(C(=O)N[C@@H](C(=O)NCCNS(=O)(=O)c2ccc(C(N)=O)cc2)C(C)C)c(-c2ccc(C(C)(C)C)cc2)s1. The number of carbonyl (C=O) groups is 3. The number of sulfonamides is 1. The molecule has 0 saturated carbocycles. The summed E-state index contributed by atoms with van der Waals surface area (Å²) in [6, 6.07) is 12.3. The number of nitrogens with zero attached hydrogens (tertiary/aromatic N) is 1. The van der Waals surface area contributed by atoms with Crippen molar-refractivity contribution in [2.45, 2.75) is 51.0 Å². The van der Waals surface area contributed by atoms with E-state index in [-0.39, 0.29) is 40.6 Å².